The lowest BCUT2D eigenvalue weighted by Gasteiger charge is -2.13. The van der Waals surface area contributed by atoms with Crippen LogP contribution in [0.5, 0.6) is 5.75 Å². The topological polar surface area (TPSA) is 56.2 Å². The minimum Gasteiger partial charge on any atom is -0.493 e. The largest absolute Gasteiger partial charge is 0.493 e. The number of aromatic nitrogens is 2. The van der Waals surface area contributed by atoms with Crippen LogP contribution in [-0.4, -0.2) is 28.6 Å². The molecule has 170 valence electrons. The molecule has 0 spiro atoms. The van der Waals surface area contributed by atoms with Gasteiger partial charge in [0.1, 0.15) is 11.6 Å². The van der Waals surface area contributed by atoms with Gasteiger partial charge < -0.3 is 14.6 Å². The number of nitrogens with zero attached hydrogens (tertiary/aromatic N) is 2. The summed E-state index contributed by atoms with van der Waals surface area (Å²) in [5, 5.41) is 3.03. The van der Waals surface area contributed by atoms with Crippen molar-refractivity contribution < 1.29 is 9.53 Å². The van der Waals surface area contributed by atoms with Gasteiger partial charge in [0.05, 0.1) is 17.6 Å². The zero-order valence-corrected chi connectivity index (χ0v) is 19.6. The second-order valence-corrected chi connectivity index (χ2v) is 8.44. The van der Waals surface area contributed by atoms with Gasteiger partial charge in [0.25, 0.3) is 5.91 Å². The minimum atomic E-state index is -0.0525. The van der Waals surface area contributed by atoms with Gasteiger partial charge in [-0.3, -0.25) is 4.79 Å². The van der Waals surface area contributed by atoms with Crippen LogP contribution in [0.25, 0.3) is 11.0 Å². The van der Waals surface area contributed by atoms with E-state index >= 15 is 0 Å². The maximum Gasteiger partial charge on any atom is 0.251 e. The third-order valence-corrected chi connectivity index (χ3v) is 5.99. The number of rotatable bonds is 9. The number of ether oxygens (including phenoxy) is 1. The van der Waals surface area contributed by atoms with Gasteiger partial charge >= 0.3 is 0 Å². The number of para-hydroxylation sites is 2. The predicted molar refractivity (Wildman–Crippen MR) is 133 cm³/mol. The summed E-state index contributed by atoms with van der Waals surface area (Å²) in [4.78, 5) is 17.3. The maximum atomic E-state index is 12.5. The first kappa shape index (κ1) is 22.6. The van der Waals surface area contributed by atoms with Crippen molar-refractivity contribution in [1.29, 1.82) is 0 Å². The Morgan fingerprint density at radius 1 is 1.00 bits per heavy atom. The number of amides is 1. The Bertz CT molecular complexity index is 1260. The fourth-order valence-corrected chi connectivity index (χ4v) is 4.03. The highest BCUT2D eigenvalue weighted by Gasteiger charge is 2.12. The van der Waals surface area contributed by atoms with Gasteiger partial charge in [0.2, 0.25) is 0 Å². The molecular weight excluding hydrogens is 410 g/mol. The van der Waals surface area contributed by atoms with Crippen molar-refractivity contribution in [3.63, 3.8) is 0 Å². The third-order valence-electron chi connectivity index (χ3n) is 5.99. The van der Waals surface area contributed by atoms with Crippen LogP contribution in [0, 0.1) is 20.8 Å². The van der Waals surface area contributed by atoms with E-state index in [1.165, 1.54) is 11.1 Å². The fourth-order valence-electron chi connectivity index (χ4n) is 4.03. The van der Waals surface area contributed by atoms with Crippen LogP contribution < -0.4 is 10.1 Å². The van der Waals surface area contributed by atoms with E-state index < -0.39 is 0 Å². The number of benzene rings is 3. The number of nitrogens with one attached hydrogen (secondary N) is 1. The van der Waals surface area contributed by atoms with Crippen LogP contribution in [0.1, 0.15) is 39.3 Å². The van der Waals surface area contributed by atoms with Crippen LogP contribution in [0.3, 0.4) is 0 Å². The Kier molecular flexibility index (Phi) is 7.08. The van der Waals surface area contributed by atoms with E-state index in [1.54, 1.807) is 0 Å². The minimum absolute atomic E-state index is 0.0525. The molecule has 0 atom stereocenters. The smallest absolute Gasteiger partial charge is 0.251 e. The summed E-state index contributed by atoms with van der Waals surface area (Å²) in [6, 6.07) is 22.0. The van der Waals surface area contributed by atoms with Gasteiger partial charge in [0.15, 0.2) is 0 Å². The Hall–Kier alpha value is -3.60. The van der Waals surface area contributed by atoms with Crippen molar-refractivity contribution in [3.05, 3.63) is 94.8 Å². The highest BCUT2D eigenvalue weighted by atomic mass is 16.5. The molecule has 0 bridgehead atoms. The lowest BCUT2D eigenvalue weighted by atomic mass is 10.1. The molecule has 5 nitrogen and oxygen atoms in total. The number of carbonyl (C=O) groups is 1. The van der Waals surface area contributed by atoms with Gasteiger partial charge in [0, 0.05) is 25.1 Å². The van der Waals surface area contributed by atoms with E-state index in [2.05, 4.69) is 35.9 Å². The second kappa shape index (κ2) is 10.3. The molecule has 0 fully saturated rings. The Labute approximate surface area is 195 Å². The zero-order valence-electron chi connectivity index (χ0n) is 19.6. The Morgan fingerprint density at radius 2 is 1.82 bits per heavy atom. The molecule has 0 radical (unpaired) electrons. The monoisotopic (exact) mass is 441 g/mol. The van der Waals surface area contributed by atoms with Gasteiger partial charge in [-0.05, 0) is 68.7 Å². The van der Waals surface area contributed by atoms with Gasteiger partial charge in [-0.25, -0.2) is 4.98 Å². The molecule has 0 saturated heterocycles. The number of hydrogen-bond acceptors (Lipinski definition) is 3. The van der Waals surface area contributed by atoms with Crippen LogP contribution >= 0.6 is 0 Å². The molecule has 33 heavy (non-hydrogen) atoms. The number of imidazole rings is 1. The predicted octanol–water partition coefficient (Wildman–Crippen LogP) is 5.40. The van der Waals surface area contributed by atoms with Crippen molar-refractivity contribution >= 4 is 16.9 Å². The molecule has 0 aliphatic heterocycles. The number of carbonyl (C=O) groups excluding carboxylic acids is 1. The molecule has 0 aliphatic rings. The molecule has 1 heterocycles. The third kappa shape index (κ3) is 5.43. The molecule has 3 aromatic carbocycles. The first-order chi connectivity index (χ1) is 16.0. The maximum absolute atomic E-state index is 12.5. The average Bonchev–Trinajstić information content (AvgIpc) is 3.16. The van der Waals surface area contributed by atoms with Crippen molar-refractivity contribution in [2.24, 2.45) is 0 Å². The normalized spacial score (nSPS) is 11.0. The van der Waals surface area contributed by atoms with Crippen molar-refractivity contribution in [2.75, 3.05) is 13.2 Å². The highest BCUT2D eigenvalue weighted by Crippen LogP contribution is 2.21. The first-order valence-electron chi connectivity index (χ1n) is 11.5. The van der Waals surface area contributed by atoms with E-state index in [0.29, 0.717) is 25.1 Å². The van der Waals surface area contributed by atoms with Crippen molar-refractivity contribution in [1.82, 2.24) is 14.9 Å². The Balaban J connectivity index is 1.39. The molecule has 0 aliphatic carbocycles. The first-order valence-corrected chi connectivity index (χ1v) is 11.5. The molecule has 0 saturated carbocycles. The average molecular weight is 442 g/mol. The van der Waals surface area contributed by atoms with E-state index in [4.69, 9.17) is 9.72 Å². The van der Waals surface area contributed by atoms with Crippen molar-refractivity contribution in [3.8, 4) is 5.75 Å². The SMILES string of the molecule is Cc1cccc(C(=O)NCCc2nc3ccccc3n2CCCOc2cccc(C)c2C)c1. The number of fused-ring (bicyclic) bond motifs is 1. The standard InChI is InChI=1S/C28H31N3O2/c1-20-9-6-11-23(19-20)28(32)29-16-15-27-30-24-12-4-5-13-25(24)31(27)17-8-18-33-26-14-7-10-21(2)22(26)3/h4-7,9-14,19H,8,15-18H2,1-3H3,(H,29,32). The van der Waals surface area contributed by atoms with Crippen LogP contribution in [0.15, 0.2) is 66.7 Å². The van der Waals surface area contributed by atoms with Crippen molar-refractivity contribution in [2.45, 2.75) is 40.2 Å². The summed E-state index contributed by atoms with van der Waals surface area (Å²) in [7, 11) is 0. The highest BCUT2D eigenvalue weighted by molar-refractivity contribution is 5.94. The molecule has 1 amide bonds. The van der Waals surface area contributed by atoms with Crippen LogP contribution in [-0.2, 0) is 13.0 Å². The number of aryl methyl sites for hydroxylation is 3. The summed E-state index contributed by atoms with van der Waals surface area (Å²) in [6.07, 6.45) is 1.54. The molecule has 1 aromatic heterocycles. The van der Waals surface area contributed by atoms with Crippen LogP contribution in [0.4, 0.5) is 0 Å². The zero-order chi connectivity index (χ0) is 23.2. The van der Waals surface area contributed by atoms with E-state index in [1.807, 2.05) is 61.5 Å². The fraction of sp³-hybridized carbons (Fsp3) is 0.286. The number of hydrogen-bond donors (Lipinski definition) is 1. The molecule has 4 rings (SSSR count). The summed E-state index contributed by atoms with van der Waals surface area (Å²) in [5.41, 5.74) is 6.29. The van der Waals surface area contributed by atoms with E-state index in [-0.39, 0.29) is 5.91 Å². The summed E-state index contributed by atoms with van der Waals surface area (Å²) in [5.74, 6) is 1.88. The lowest BCUT2D eigenvalue weighted by Crippen LogP contribution is -2.26. The molecular formula is C28H31N3O2. The summed E-state index contributed by atoms with van der Waals surface area (Å²) >= 11 is 0. The van der Waals surface area contributed by atoms with Gasteiger partial charge in [-0.2, -0.15) is 0 Å². The van der Waals surface area contributed by atoms with Crippen LogP contribution in [0.2, 0.25) is 0 Å². The van der Waals surface area contributed by atoms with E-state index in [9.17, 15) is 4.79 Å². The molecule has 1 N–H and O–H groups in total. The second-order valence-electron chi connectivity index (χ2n) is 8.44. The van der Waals surface area contributed by atoms with E-state index in [0.717, 1.165) is 41.1 Å². The van der Waals surface area contributed by atoms with Gasteiger partial charge in [-0.1, -0.05) is 42.0 Å². The van der Waals surface area contributed by atoms with Gasteiger partial charge in [-0.15, -0.1) is 0 Å². The molecule has 4 aromatic rings. The Morgan fingerprint density at radius 3 is 2.67 bits per heavy atom. The summed E-state index contributed by atoms with van der Waals surface area (Å²) in [6.45, 7) is 8.17. The summed E-state index contributed by atoms with van der Waals surface area (Å²) < 4.78 is 8.30. The molecule has 0 unspecified atom stereocenters. The lowest BCUT2D eigenvalue weighted by molar-refractivity contribution is 0.0954. The quantitative estimate of drug-likeness (QED) is 0.354. The molecule has 5 heteroatoms.